The maximum atomic E-state index is 12.3. The summed E-state index contributed by atoms with van der Waals surface area (Å²) in [7, 11) is 0. The number of carbonyl (C=O) groups is 2. The molecule has 0 unspecified atom stereocenters. The molecule has 0 bridgehead atoms. The van der Waals surface area contributed by atoms with E-state index in [0.717, 1.165) is 29.5 Å². The molecule has 0 aliphatic heterocycles. The van der Waals surface area contributed by atoms with Gasteiger partial charge in [0, 0.05) is 12.8 Å². The summed E-state index contributed by atoms with van der Waals surface area (Å²) in [6.07, 6.45) is 20.8. The minimum absolute atomic E-state index is 0.123. The highest BCUT2D eigenvalue weighted by Gasteiger charge is 2.15. The summed E-state index contributed by atoms with van der Waals surface area (Å²) >= 11 is 0. The van der Waals surface area contributed by atoms with Gasteiger partial charge in [-0.15, -0.1) is 0 Å². The Morgan fingerprint density at radius 1 is 0.632 bits per heavy atom. The van der Waals surface area contributed by atoms with Crippen molar-refractivity contribution >= 4 is 11.8 Å². The first-order chi connectivity index (χ1) is 18.3. The number of benzene rings is 1. The largest absolute Gasteiger partial charge is 0.507 e. The number of phenolic OH excluding ortho intramolecular Hbond substituents is 1. The SMILES string of the molecule is CCCCCCCCCCCCCCCCCC(=O)NNC(=O)CCc1cc(C(C)C)c(O)c(C(C)C)c1. The van der Waals surface area contributed by atoms with Crippen molar-refractivity contribution in [3.63, 3.8) is 0 Å². The van der Waals surface area contributed by atoms with Crippen LogP contribution in [-0.2, 0) is 16.0 Å². The minimum atomic E-state index is -0.194. The third-order valence-electron chi connectivity index (χ3n) is 7.46. The third-order valence-corrected chi connectivity index (χ3v) is 7.46. The fraction of sp³-hybridized carbons (Fsp3) is 0.758. The predicted octanol–water partition coefficient (Wildman–Crippen LogP) is 8.98. The van der Waals surface area contributed by atoms with E-state index in [4.69, 9.17) is 0 Å². The van der Waals surface area contributed by atoms with Gasteiger partial charge in [0.25, 0.3) is 0 Å². The molecule has 0 spiro atoms. The van der Waals surface area contributed by atoms with Gasteiger partial charge in [-0.1, -0.05) is 137 Å². The molecule has 0 aromatic heterocycles. The molecule has 0 radical (unpaired) electrons. The number of hydrogen-bond acceptors (Lipinski definition) is 3. The molecule has 2 amide bonds. The lowest BCUT2D eigenvalue weighted by atomic mass is 9.90. The number of rotatable bonds is 21. The third kappa shape index (κ3) is 15.4. The van der Waals surface area contributed by atoms with Crippen LogP contribution in [0.4, 0.5) is 0 Å². The van der Waals surface area contributed by atoms with E-state index in [2.05, 4.69) is 45.5 Å². The zero-order chi connectivity index (χ0) is 28.2. The number of nitrogens with one attached hydrogen (secondary N) is 2. The predicted molar refractivity (Wildman–Crippen MR) is 160 cm³/mol. The van der Waals surface area contributed by atoms with Crippen LogP contribution >= 0.6 is 0 Å². The van der Waals surface area contributed by atoms with Crippen molar-refractivity contribution in [1.82, 2.24) is 10.9 Å². The molecule has 1 aromatic carbocycles. The van der Waals surface area contributed by atoms with Crippen molar-refractivity contribution in [3.8, 4) is 5.75 Å². The minimum Gasteiger partial charge on any atom is -0.507 e. The molecule has 5 nitrogen and oxygen atoms in total. The first-order valence-corrected chi connectivity index (χ1v) is 15.7. The smallest absolute Gasteiger partial charge is 0.238 e. The van der Waals surface area contributed by atoms with Crippen LogP contribution in [0.5, 0.6) is 5.75 Å². The molecular weight excluding hydrogens is 472 g/mol. The highest BCUT2D eigenvalue weighted by molar-refractivity contribution is 5.82. The quantitative estimate of drug-likeness (QED) is 0.110. The number of phenols is 1. The van der Waals surface area contributed by atoms with Crippen LogP contribution in [0.15, 0.2) is 12.1 Å². The van der Waals surface area contributed by atoms with Crippen molar-refractivity contribution in [2.75, 3.05) is 0 Å². The number of hydrogen-bond donors (Lipinski definition) is 3. The molecule has 218 valence electrons. The van der Waals surface area contributed by atoms with E-state index in [1.165, 1.54) is 83.5 Å². The first-order valence-electron chi connectivity index (χ1n) is 15.7. The Bertz CT molecular complexity index is 759. The van der Waals surface area contributed by atoms with Gasteiger partial charge >= 0.3 is 0 Å². The number of aryl methyl sites for hydroxylation is 1. The summed E-state index contributed by atoms with van der Waals surface area (Å²) in [5.41, 5.74) is 7.99. The molecule has 0 fully saturated rings. The lowest BCUT2D eigenvalue weighted by Crippen LogP contribution is -2.41. The highest BCUT2D eigenvalue weighted by atomic mass is 16.3. The average Bonchev–Trinajstić information content (AvgIpc) is 2.88. The molecule has 1 aromatic rings. The Kier molecular flexibility index (Phi) is 18.7. The molecule has 1 rings (SSSR count). The van der Waals surface area contributed by atoms with Crippen LogP contribution in [-0.4, -0.2) is 16.9 Å². The fourth-order valence-corrected chi connectivity index (χ4v) is 4.95. The van der Waals surface area contributed by atoms with Gasteiger partial charge in [0.05, 0.1) is 0 Å². The summed E-state index contributed by atoms with van der Waals surface area (Å²) in [6.45, 7) is 10.5. The monoisotopic (exact) mass is 530 g/mol. The van der Waals surface area contributed by atoms with E-state index in [0.29, 0.717) is 25.0 Å². The van der Waals surface area contributed by atoms with Crippen molar-refractivity contribution in [1.29, 1.82) is 0 Å². The van der Waals surface area contributed by atoms with Crippen molar-refractivity contribution in [2.24, 2.45) is 0 Å². The number of hydrazine groups is 1. The molecule has 0 aliphatic carbocycles. The summed E-state index contributed by atoms with van der Waals surface area (Å²) in [5.74, 6) is 0.469. The van der Waals surface area contributed by atoms with E-state index < -0.39 is 0 Å². The maximum Gasteiger partial charge on any atom is 0.238 e. The van der Waals surface area contributed by atoms with Crippen molar-refractivity contribution < 1.29 is 14.7 Å². The summed E-state index contributed by atoms with van der Waals surface area (Å²) in [5, 5.41) is 10.6. The lowest BCUT2D eigenvalue weighted by molar-refractivity contribution is -0.128. The van der Waals surface area contributed by atoms with Crippen LogP contribution in [0, 0.1) is 0 Å². The number of unbranched alkanes of at least 4 members (excludes halogenated alkanes) is 14. The molecule has 0 aliphatic rings. The summed E-state index contributed by atoms with van der Waals surface area (Å²) in [6, 6.07) is 3.99. The molecule has 38 heavy (non-hydrogen) atoms. The van der Waals surface area contributed by atoms with Crippen molar-refractivity contribution in [3.05, 3.63) is 28.8 Å². The van der Waals surface area contributed by atoms with E-state index >= 15 is 0 Å². The van der Waals surface area contributed by atoms with Crippen LogP contribution in [0.1, 0.15) is 172 Å². The van der Waals surface area contributed by atoms with E-state index in [1.807, 2.05) is 12.1 Å². The Morgan fingerprint density at radius 3 is 1.39 bits per heavy atom. The van der Waals surface area contributed by atoms with Gasteiger partial charge < -0.3 is 5.11 Å². The summed E-state index contributed by atoms with van der Waals surface area (Å²) < 4.78 is 0. The Morgan fingerprint density at radius 2 is 1.00 bits per heavy atom. The van der Waals surface area contributed by atoms with Gasteiger partial charge in [0.1, 0.15) is 5.75 Å². The van der Waals surface area contributed by atoms with Crippen LogP contribution in [0.25, 0.3) is 0 Å². The van der Waals surface area contributed by atoms with Gasteiger partial charge in [-0.2, -0.15) is 0 Å². The Balaban J connectivity index is 2.08. The van der Waals surface area contributed by atoms with Crippen LogP contribution in [0.2, 0.25) is 0 Å². The van der Waals surface area contributed by atoms with Gasteiger partial charge in [-0.05, 0) is 41.4 Å². The fourth-order valence-electron chi connectivity index (χ4n) is 4.95. The lowest BCUT2D eigenvalue weighted by Gasteiger charge is -2.17. The Hall–Kier alpha value is -2.04. The van der Waals surface area contributed by atoms with E-state index in [-0.39, 0.29) is 23.7 Å². The van der Waals surface area contributed by atoms with Gasteiger partial charge in [-0.3, -0.25) is 20.4 Å². The van der Waals surface area contributed by atoms with E-state index in [1.54, 1.807) is 0 Å². The second-order valence-electron chi connectivity index (χ2n) is 11.7. The highest BCUT2D eigenvalue weighted by Crippen LogP contribution is 2.35. The molecular formula is C33H58N2O3. The summed E-state index contributed by atoms with van der Waals surface area (Å²) in [4.78, 5) is 24.3. The van der Waals surface area contributed by atoms with Gasteiger partial charge in [-0.25, -0.2) is 0 Å². The molecule has 5 heteroatoms. The van der Waals surface area contributed by atoms with Gasteiger partial charge in [0.15, 0.2) is 0 Å². The van der Waals surface area contributed by atoms with Gasteiger partial charge in [0.2, 0.25) is 11.8 Å². The van der Waals surface area contributed by atoms with Crippen molar-refractivity contribution in [2.45, 2.75) is 162 Å². The molecule has 0 saturated carbocycles. The standard InChI is InChI=1S/C33H58N2O3/c1-6-7-8-9-10-11-12-13-14-15-16-17-18-19-20-21-31(36)34-35-32(37)23-22-28-24-29(26(2)3)33(38)30(25-28)27(4)5/h24-27,38H,6-23H2,1-5H3,(H,34,36)(H,35,37). The second kappa shape index (κ2) is 20.9. The Labute approximate surface area is 233 Å². The number of amides is 2. The normalized spacial score (nSPS) is 11.3. The second-order valence-corrected chi connectivity index (χ2v) is 11.7. The van der Waals surface area contributed by atoms with Crippen LogP contribution < -0.4 is 10.9 Å². The van der Waals surface area contributed by atoms with E-state index in [9.17, 15) is 14.7 Å². The zero-order valence-corrected chi connectivity index (χ0v) is 25.3. The average molecular weight is 531 g/mol. The molecule has 0 saturated heterocycles. The number of carbonyl (C=O) groups excluding carboxylic acids is 2. The molecule has 3 N–H and O–H groups in total. The molecule has 0 heterocycles. The maximum absolute atomic E-state index is 12.3. The first kappa shape index (κ1) is 34.0. The zero-order valence-electron chi connectivity index (χ0n) is 25.3. The van der Waals surface area contributed by atoms with Crippen LogP contribution in [0.3, 0.4) is 0 Å². The molecule has 0 atom stereocenters. The number of aromatic hydroxyl groups is 1. The topological polar surface area (TPSA) is 78.4 Å².